The van der Waals surface area contributed by atoms with Gasteiger partial charge in [-0.1, -0.05) is 135 Å². The minimum Gasteiger partial charge on any atom is -0.383 e. The van der Waals surface area contributed by atoms with Crippen LogP contribution in [0.15, 0.2) is 137 Å². The van der Waals surface area contributed by atoms with Crippen molar-refractivity contribution >= 4 is 28.4 Å². The molecule has 0 spiro atoms. The van der Waals surface area contributed by atoms with Crippen LogP contribution in [0.25, 0.3) is 22.2 Å². The minimum atomic E-state index is -0.490. The molecule has 2 N–H and O–H groups in total. The van der Waals surface area contributed by atoms with Gasteiger partial charge in [-0.25, -0.2) is 0 Å². The molecule has 0 atom stereocenters. The van der Waals surface area contributed by atoms with Crippen LogP contribution in [0.2, 0.25) is 0 Å². The molecule has 5 aromatic carbocycles. The van der Waals surface area contributed by atoms with E-state index in [1.165, 1.54) is 42.9 Å². The number of benzene rings is 5. The van der Waals surface area contributed by atoms with Crippen molar-refractivity contribution in [1.29, 1.82) is 0 Å². The summed E-state index contributed by atoms with van der Waals surface area (Å²) in [5, 5.41) is 14.3. The smallest absolute Gasteiger partial charge is 0.103 e. The molecule has 5 nitrogen and oxygen atoms in total. The summed E-state index contributed by atoms with van der Waals surface area (Å²) >= 11 is 1.86. The van der Waals surface area contributed by atoms with Crippen LogP contribution in [-0.4, -0.2) is 47.4 Å². The zero-order valence-electron chi connectivity index (χ0n) is 26.6. The fourth-order valence-corrected chi connectivity index (χ4v) is 7.99. The van der Waals surface area contributed by atoms with Crippen molar-refractivity contribution in [3.63, 3.8) is 0 Å². The highest BCUT2D eigenvalue weighted by Gasteiger charge is 2.35. The van der Waals surface area contributed by atoms with Crippen molar-refractivity contribution in [2.75, 3.05) is 38.0 Å². The fourth-order valence-electron chi connectivity index (χ4n) is 6.80. The summed E-state index contributed by atoms with van der Waals surface area (Å²) < 4.78 is 2.22. The first-order chi connectivity index (χ1) is 22.7. The predicted molar refractivity (Wildman–Crippen MR) is 193 cm³/mol. The number of rotatable bonds is 13. The van der Waals surface area contributed by atoms with E-state index in [9.17, 15) is 0 Å². The maximum atomic E-state index is 5.21. The van der Waals surface area contributed by atoms with Crippen LogP contribution in [0, 0.1) is 0 Å². The highest BCUT2D eigenvalue weighted by molar-refractivity contribution is 8.00. The normalized spacial score (nSPS) is 12.4. The number of anilines is 1. The second-order valence-corrected chi connectivity index (χ2v) is 12.8. The third kappa shape index (κ3) is 5.62. The first kappa shape index (κ1) is 30.3. The summed E-state index contributed by atoms with van der Waals surface area (Å²) in [6, 6.07) is 45.6. The molecular weight excluding hydrogens is 583 g/mol. The number of likely N-dealkylation sites (N-methyl/N-ethyl adjacent to an activating group) is 1. The van der Waals surface area contributed by atoms with Crippen molar-refractivity contribution in [3.05, 3.63) is 144 Å². The quantitative estimate of drug-likeness (QED) is 0.0996. The highest BCUT2D eigenvalue weighted by Crippen LogP contribution is 2.50. The van der Waals surface area contributed by atoms with Gasteiger partial charge in [0, 0.05) is 46.1 Å². The van der Waals surface area contributed by atoms with Gasteiger partial charge in [-0.2, -0.15) is 5.10 Å². The lowest BCUT2D eigenvalue weighted by molar-refractivity contribution is 0.287. The summed E-state index contributed by atoms with van der Waals surface area (Å²) in [7, 11) is 0. The van der Waals surface area contributed by atoms with Crippen molar-refractivity contribution < 1.29 is 0 Å². The Morgan fingerprint density at radius 1 is 0.696 bits per heavy atom. The highest BCUT2D eigenvalue weighted by atomic mass is 32.2. The first-order valence-electron chi connectivity index (χ1n) is 16.4. The fraction of sp³-hybridized carbons (Fsp3) is 0.225. The first-order valence-corrected chi connectivity index (χ1v) is 17.2. The maximum Gasteiger partial charge on any atom is 0.103 e. The van der Waals surface area contributed by atoms with Gasteiger partial charge in [0.1, 0.15) is 5.69 Å². The van der Waals surface area contributed by atoms with E-state index >= 15 is 0 Å². The van der Waals surface area contributed by atoms with Gasteiger partial charge in [0.2, 0.25) is 0 Å². The molecule has 1 aliphatic rings. The second kappa shape index (κ2) is 13.6. The van der Waals surface area contributed by atoms with Gasteiger partial charge < -0.3 is 10.2 Å². The van der Waals surface area contributed by atoms with E-state index in [1.54, 1.807) is 0 Å². The molecule has 2 heterocycles. The molecule has 0 saturated heterocycles. The Kier molecular flexibility index (Phi) is 8.93. The summed E-state index contributed by atoms with van der Waals surface area (Å²) in [6.45, 7) is 9.95. The number of hydrogen-bond donors (Lipinski definition) is 2. The van der Waals surface area contributed by atoms with Crippen molar-refractivity contribution in [2.45, 2.75) is 35.7 Å². The van der Waals surface area contributed by atoms with Gasteiger partial charge in [0.25, 0.3) is 0 Å². The monoisotopic (exact) mass is 623 g/mol. The van der Waals surface area contributed by atoms with Crippen LogP contribution in [0.3, 0.4) is 0 Å². The third-order valence-corrected chi connectivity index (χ3v) is 10.4. The largest absolute Gasteiger partial charge is 0.383 e. The summed E-state index contributed by atoms with van der Waals surface area (Å²) in [4.78, 5) is 4.98. The number of nitrogens with zero attached hydrogens (tertiary/aromatic N) is 3. The predicted octanol–water partition coefficient (Wildman–Crippen LogP) is 8.50. The second-order valence-electron chi connectivity index (χ2n) is 11.7. The zero-order valence-corrected chi connectivity index (χ0v) is 27.4. The lowest BCUT2D eigenvalue weighted by Crippen LogP contribution is -2.46. The molecule has 6 aromatic rings. The molecule has 0 radical (unpaired) electrons. The maximum absolute atomic E-state index is 5.21. The SMILES string of the molecule is CCN(CC)CCn1nc2c3c(c(NCCNC(c4ccccc4)(c4ccccc4)c4ccccc4)ccc31)Sc1ccccc1-2. The van der Waals surface area contributed by atoms with Crippen molar-refractivity contribution in [1.82, 2.24) is 20.0 Å². The minimum absolute atomic E-state index is 0.490. The van der Waals surface area contributed by atoms with E-state index < -0.39 is 5.54 Å². The molecule has 1 aromatic heterocycles. The van der Waals surface area contributed by atoms with Crippen molar-refractivity contribution in [2.24, 2.45) is 0 Å². The number of fused-ring (bicyclic) bond motifs is 2. The molecule has 232 valence electrons. The average molecular weight is 624 g/mol. The van der Waals surface area contributed by atoms with Crippen LogP contribution >= 0.6 is 11.8 Å². The summed E-state index contributed by atoms with van der Waals surface area (Å²) in [5.41, 5.74) is 7.85. The molecule has 46 heavy (non-hydrogen) atoms. The van der Waals surface area contributed by atoms with E-state index in [1.807, 2.05) is 11.8 Å². The lowest BCUT2D eigenvalue weighted by Gasteiger charge is -2.37. The standard InChI is InChI=1S/C40H41N5S/c1-3-44(4-2)28-29-45-35-25-24-34(39-37(35)38(43-45)33-22-14-15-23-36(33)46-39)41-26-27-42-40(30-16-8-5-9-17-30,31-18-10-6-11-19-31)32-20-12-7-13-21-32/h5-25,41-42H,3-4,26-29H2,1-2H3. The van der Waals surface area contributed by atoms with Gasteiger partial charge in [-0.15, -0.1) is 0 Å². The molecule has 0 fully saturated rings. The van der Waals surface area contributed by atoms with Crippen LogP contribution in [0.5, 0.6) is 0 Å². The lowest BCUT2D eigenvalue weighted by atomic mass is 9.77. The Labute approximate surface area is 276 Å². The van der Waals surface area contributed by atoms with E-state index in [0.717, 1.165) is 50.6 Å². The van der Waals surface area contributed by atoms with E-state index in [-0.39, 0.29) is 0 Å². The molecule has 6 heteroatoms. The Bertz CT molecular complexity index is 1800. The Hall–Kier alpha value is -4.36. The molecular formula is C40H41N5S. The van der Waals surface area contributed by atoms with Gasteiger partial charge in [-0.05, 0) is 48.0 Å². The number of hydrogen-bond acceptors (Lipinski definition) is 5. The molecule has 0 saturated carbocycles. The van der Waals surface area contributed by atoms with Gasteiger partial charge in [0.05, 0.1) is 17.6 Å². The molecule has 0 bridgehead atoms. The van der Waals surface area contributed by atoms with Crippen LogP contribution in [0.4, 0.5) is 5.69 Å². The van der Waals surface area contributed by atoms with E-state index in [0.29, 0.717) is 0 Å². The van der Waals surface area contributed by atoms with Crippen LogP contribution < -0.4 is 10.6 Å². The number of aromatic nitrogens is 2. The van der Waals surface area contributed by atoms with Crippen LogP contribution in [0.1, 0.15) is 30.5 Å². The van der Waals surface area contributed by atoms with Gasteiger partial charge in [-0.3, -0.25) is 10.00 Å². The molecule has 0 unspecified atom stereocenters. The molecule has 7 rings (SSSR count). The van der Waals surface area contributed by atoms with E-state index in [2.05, 4.69) is 161 Å². The van der Waals surface area contributed by atoms with Gasteiger partial charge in [0.15, 0.2) is 0 Å². The summed E-state index contributed by atoms with van der Waals surface area (Å²) in [6.07, 6.45) is 0. The molecule has 0 aliphatic carbocycles. The topological polar surface area (TPSA) is 45.1 Å². The average Bonchev–Trinajstić information content (AvgIpc) is 3.50. The van der Waals surface area contributed by atoms with Gasteiger partial charge >= 0.3 is 0 Å². The zero-order chi connectivity index (χ0) is 31.3. The molecule has 0 amide bonds. The number of nitrogens with one attached hydrogen (secondary N) is 2. The summed E-state index contributed by atoms with van der Waals surface area (Å²) in [5.74, 6) is 0. The molecule has 1 aliphatic heterocycles. The van der Waals surface area contributed by atoms with E-state index in [4.69, 9.17) is 5.10 Å². The van der Waals surface area contributed by atoms with Crippen molar-refractivity contribution in [3.8, 4) is 11.3 Å². The Balaban J connectivity index is 1.20. The van der Waals surface area contributed by atoms with Crippen LogP contribution in [-0.2, 0) is 12.1 Å². The Morgan fingerprint density at radius 2 is 1.28 bits per heavy atom. The Morgan fingerprint density at radius 3 is 1.89 bits per heavy atom. The third-order valence-electron chi connectivity index (χ3n) is 9.20.